The van der Waals surface area contributed by atoms with E-state index in [-0.39, 0.29) is 19.6 Å². The van der Waals surface area contributed by atoms with Crippen molar-refractivity contribution >= 4 is 19.6 Å². The minimum absolute atomic E-state index is 0.116. The van der Waals surface area contributed by atoms with Crippen molar-refractivity contribution in [1.29, 1.82) is 0 Å². The fraction of sp³-hybridized carbons (Fsp3) is 0.250. The second-order valence-corrected chi connectivity index (χ2v) is 2.84. The molecule has 1 nitrogen and oxygen atoms in total. The van der Waals surface area contributed by atoms with E-state index >= 15 is 0 Å². The predicted octanol–water partition coefficient (Wildman–Crippen LogP) is -0.172. The summed E-state index contributed by atoms with van der Waals surface area (Å²) in [6.07, 6.45) is 4.79. The van der Waals surface area contributed by atoms with Crippen molar-refractivity contribution in [1.82, 2.24) is 0 Å². The molecule has 6 heavy (non-hydrogen) atoms. The Bertz CT molecular complexity index is 90.2. The number of carbonyl (C=O) groups is 1. The van der Waals surface area contributed by atoms with E-state index in [1.807, 2.05) is 0 Å². The van der Waals surface area contributed by atoms with Gasteiger partial charge in [-0.25, -0.2) is 0 Å². The Morgan fingerprint density at radius 3 is 2.50 bits per heavy atom. The van der Waals surface area contributed by atoms with Gasteiger partial charge in [-0.1, -0.05) is 0 Å². The van der Waals surface area contributed by atoms with Gasteiger partial charge in [-0.15, -0.1) is 0 Å². The third kappa shape index (κ3) is 3.75. The molecule has 0 aromatic rings. The average molecular weight is 147 g/mol. The van der Waals surface area contributed by atoms with Crippen LogP contribution in [0.2, 0.25) is 0 Å². The van der Waals surface area contributed by atoms with Gasteiger partial charge in [-0.2, -0.15) is 0 Å². The summed E-state index contributed by atoms with van der Waals surface area (Å²) in [7, 11) is 0. The fourth-order valence-corrected chi connectivity index (χ4v) is 0.431. The SMILES string of the molecule is C#C[Se]C(C)=O. The molecule has 0 heterocycles. The van der Waals surface area contributed by atoms with E-state index in [0.717, 1.165) is 0 Å². The van der Waals surface area contributed by atoms with Gasteiger partial charge in [-0.05, 0) is 0 Å². The molecule has 0 aliphatic heterocycles. The predicted molar refractivity (Wildman–Crippen MR) is 25.3 cm³/mol. The van der Waals surface area contributed by atoms with Gasteiger partial charge in [-0.3, -0.25) is 0 Å². The number of rotatable bonds is 1. The standard InChI is InChI=1S/C4H4OSe/c1-3-6-4(2)5/h1H,2H3. The van der Waals surface area contributed by atoms with Gasteiger partial charge in [0.2, 0.25) is 0 Å². The first-order valence-corrected chi connectivity index (χ1v) is 3.11. The van der Waals surface area contributed by atoms with E-state index in [1.54, 1.807) is 0 Å². The number of carbonyl (C=O) groups excluding carboxylic acids is 1. The maximum absolute atomic E-state index is 9.93. The van der Waals surface area contributed by atoms with E-state index < -0.39 is 0 Å². The fourth-order valence-electron chi connectivity index (χ4n) is 0.0830. The molecule has 0 aromatic carbocycles. The first-order chi connectivity index (χ1) is 2.77. The monoisotopic (exact) mass is 148 g/mol. The van der Waals surface area contributed by atoms with Gasteiger partial charge < -0.3 is 0 Å². The molecule has 0 aliphatic carbocycles. The van der Waals surface area contributed by atoms with E-state index in [4.69, 9.17) is 6.42 Å². The molecule has 0 bridgehead atoms. The first-order valence-electron chi connectivity index (χ1n) is 1.40. The maximum atomic E-state index is 9.93. The molecule has 0 aliphatic rings. The van der Waals surface area contributed by atoms with Gasteiger partial charge in [0, 0.05) is 0 Å². The topological polar surface area (TPSA) is 17.1 Å². The molecule has 0 rings (SSSR count). The van der Waals surface area contributed by atoms with Crippen LogP contribution in [0, 0.1) is 11.2 Å². The van der Waals surface area contributed by atoms with Crippen molar-refractivity contribution < 1.29 is 4.79 Å². The van der Waals surface area contributed by atoms with Crippen LogP contribution in [-0.4, -0.2) is 19.6 Å². The van der Waals surface area contributed by atoms with Crippen molar-refractivity contribution in [2.75, 3.05) is 0 Å². The van der Waals surface area contributed by atoms with Crippen molar-refractivity contribution in [3.8, 4) is 11.2 Å². The Kier molecular flexibility index (Phi) is 2.84. The molecule has 2 heteroatoms. The third-order valence-electron chi connectivity index (χ3n) is 0.203. The van der Waals surface area contributed by atoms with Gasteiger partial charge in [0.1, 0.15) is 0 Å². The Morgan fingerprint density at radius 2 is 2.50 bits per heavy atom. The van der Waals surface area contributed by atoms with Crippen molar-refractivity contribution in [3.63, 3.8) is 0 Å². The van der Waals surface area contributed by atoms with Crippen LogP contribution in [-0.2, 0) is 4.79 Å². The Morgan fingerprint density at radius 1 is 2.00 bits per heavy atom. The molecule has 0 atom stereocenters. The van der Waals surface area contributed by atoms with Crippen molar-refractivity contribution in [3.05, 3.63) is 0 Å². The van der Waals surface area contributed by atoms with Crippen LogP contribution in [0.25, 0.3) is 0 Å². The van der Waals surface area contributed by atoms with Crippen molar-refractivity contribution in [2.24, 2.45) is 0 Å². The molecular formula is C4H4OSe. The molecule has 0 spiro atoms. The normalized spacial score (nSPS) is 6.67. The van der Waals surface area contributed by atoms with Crippen LogP contribution in [0.3, 0.4) is 0 Å². The van der Waals surface area contributed by atoms with Crippen LogP contribution < -0.4 is 0 Å². The van der Waals surface area contributed by atoms with Gasteiger partial charge in [0.25, 0.3) is 0 Å². The number of terminal acetylenes is 1. The van der Waals surface area contributed by atoms with Crippen LogP contribution >= 0.6 is 0 Å². The number of hydrogen-bond acceptors (Lipinski definition) is 1. The van der Waals surface area contributed by atoms with Crippen LogP contribution in [0.4, 0.5) is 0 Å². The molecule has 0 saturated heterocycles. The molecule has 0 aromatic heterocycles. The van der Waals surface area contributed by atoms with Crippen LogP contribution in [0.15, 0.2) is 0 Å². The van der Waals surface area contributed by atoms with Crippen LogP contribution in [0.1, 0.15) is 6.92 Å². The minimum atomic E-state index is -0.194. The molecule has 0 N–H and O–H groups in total. The quantitative estimate of drug-likeness (QED) is 0.371. The number of hydrogen-bond donors (Lipinski definition) is 0. The first kappa shape index (κ1) is 5.75. The Balaban J connectivity index is 3.13. The summed E-state index contributed by atoms with van der Waals surface area (Å²) in [5.74, 6) is 0. The molecule has 0 radical (unpaired) electrons. The zero-order chi connectivity index (χ0) is 4.99. The van der Waals surface area contributed by atoms with Gasteiger partial charge in [0.15, 0.2) is 0 Å². The Labute approximate surface area is 43.3 Å². The van der Waals surface area contributed by atoms with Crippen LogP contribution in [0.5, 0.6) is 0 Å². The summed E-state index contributed by atoms with van der Waals surface area (Å²) in [5, 5.41) is 0. The molecule has 32 valence electrons. The third-order valence-corrected chi connectivity index (χ3v) is 1.05. The van der Waals surface area contributed by atoms with E-state index in [9.17, 15) is 4.79 Å². The summed E-state index contributed by atoms with van der Waals surface area (Å²) in [5.41, 5.74) is 0. The Hall–Kier alpha value is -0.251. The van der Waals surface area contributed by atoms with E-state index in [0.29, 0.717) is 0 Å². The second-order valence-electron chi connectivity index (χ2n) is 0.711. The van der Waals surface area contributed by atoms with E-state index in [2.05, 4.69) is 4.82 Å². The molecule has 0 unspecified atom stereocenters. The molecule has 0 saturated carbocycles. The molecule has 0 amide bonds. The summed E-state index contributed by atoms with van der Waals surface area (Å²) in [6, 6.07) is 0. The molecule has 0 fully saturated rings. The zero-order valence-electron chi connectivity index (χ0n) is 3.39. The van der Waals surface area contributed by atoms with E-state index in [1.165, 1.54) is 6.92 Å². The summed E-state index contributed by atoms with van der Waals surface area (Å²) in [4.78, 5) is 12.2. The molecular weight excluding hydrogens is 143 g/mol. The summed E-state index contributed by atoms with van der Waals surface area (Å²) in [6.45, 7) is 1.50. The summed E-state index contributed by atoms with van der Waals surface area (Å²) >= 11 is -0.194. The zero-order valence-corrected chi connectivity index (χ0v) is 5.11. The average Bonchev–Trinajstić information content (AvgIpc) is 1.35. The van der Waals surface area contributed by atoms with Gasteiger partial charge in [0.05, 0.1) is 0 Å². The van der Waals surface area contributed by atoms with Crippen molar-refractivity contribution in [2.45, 2.75) is 6.92 Å². The van der Waals surface area contributed by atoms with Gasteiger partial charge >= 0.3 is 42.6 Å². The summed E-state index contributed by atoms with van der Waals surface area (Å²) < 4.78 is 0.116. The second kappa shape index (κ2) is 2.96.